The summed E-state index contributed by atoms with van der Waals surface area (Å²) in [5.74, 6) is 1.34. The molecule has 0 bridgehead atoms. The molecule has 2 aromatic carbocycles. The van der Waals surface area contributed by atoms with Crippen molar-refractivity contribution in [2.24, 2.45) is 5.92 Å². The van der Waals surface area contributed by atoms with E-state index >= 15 is 0 Å². The van der Waals surface area contributed by atoms with Crippen LogP contribution in [0.25, 0.3) is 0 Å². The third-order valence-electron chi connectivity index (χ3n) is 5.77. The van der Waals surface area contributed by atoms with Crippen molar-refractivity contribution in [2.75, 3.05) is 19.7 Å². The smallest absolute Gasteiger partial charge is 0.222 e. The molecule has 1 saturated heterocycles. The Morgan fingerprint density at radius 2 is 2.14 bits per heavy atom. The van der Waals surface area contributed by atoms with Crippen LogP contribution in [0.15, 0.2) is 42.5 Å². The maximum absolute atomic E-state index is 13.7. The van der Waals surface area contributed by atoms with Gasteiger partial charge >= 0.3 is 0 Å². The summed E-state index contributed by atoms with van der Waals surface area (Å²) < 4.78 is 25.1. The Morgan fingerprint density at radius 1 is 1.28 bits per heavy atom. The number of carbonyl (C=O) groups is 1. The molecule has 0 aliphatic carbocycles. The van der Waals surface area contributed by atoms with Crippen molar-refractivity contribution in [1.82, 2.24) is 4.90 Å². The van der Waals surface area contributed by atoms with Crippen LogP contribution in [0.5, 0.6) is 11.5 Å². The van der Waals surface area contributed by atoms with Gasteiger partial charge in [-0.1, -0.05) is 24.3 Å². The highest BCUT2D eigenvalue weighted by Gasteiger charge is 2.24. The van der Waals surface area contributed by atoms with Crippen LogP contribution in [0.4, 0.5) is 4.39 Å². The molecule has 0 aromatic heterocycles. The van der Waals surface area contributed by atoms with Gasteiger partial charge in [0.2, 0.25) is 5.91 Å². The number of piperidine rings is 1. The summed E-state index contributed by atoms with van der Waals surface area (Å²) in [4.78, 5) is 14.7. The molecule has 1 fully saturated rings. The van der Waals surface area contributed by atoms with E-state index in [-0.39, 0.29) is 29.5 Å². The molecule has 2 aromatic rings. The molecular formula is C24H28FNO3. The second-order valence-corrected chi connectivity index (χ2v) is 8.16. The number of para-hydroxylation sites is 1. The number of hydrogen-bond acceptors (Lipinski definition) is 3. The van der Waals surface area contributed by atoms with Crippen LogP contribution >= 0.6 is 0 Å². The van der Waals surface area contributed by atoms with Crippen LogP contribution in [0, 0.1) is 11.7 Å². The van der Waals surface area contributed by atoms with Crippen molar-refractivity contribution >= 4 is 5.91 Å². The lowest BCUT2D eigenvalue weighted by Gasteiger charge is -2.32. The molecule has 2 heterocycles. The third kappa shape index (κ3) is 4.89. The number of aryl methyl sites for hydroxylation is 1. The summed E-state index contributed by atoms with van der Waals surface area (Å²) >= 11 is 0. The Labute approximate surface area is 171 Å². The first kappa shape index (κ1) is 19.7. The van der Waals surface area contributed by atoms with E-state index in [0.717, 1.165) is 38.0 Å². The zero-order chi connectivity index (χ0) is 20.2. The lowest BCUT2D eigenvalue weighted by molar-refractivity contribution is -0.133. The van der Waals surface area contributed by atoms with Gasteiger partial charge in [-0.25, -0.2) is 4.39 Å². The van der Waals surface area contributed by atoms with E-state index in [0.29, 0.717) is 19.6 Å². The molecule has 0 radical (unpaired) electrons. The number of rotatable bonds is 6. The number of likely N-dealkylation sites (tertiary alicyclic amines) is 1. The summed E-state index contributed by atoms with van der Waals surface area (Å²) in [6, 6.07) is 12.7. The first-order valence-electron chi connectivity index (χ1n) is 10.5. The fraction of sp³-hybridized carbons (Fsp3) is 0.458. The minimum absolute atomic E-state index is 0.186. The van der Waals surface area contributed by atoms with Gasteiger partial charge in [-0.3, -0.25) is 4.79 Å². The predicted octanol–water partition coefficient (Wildman–Crippen LogP) is 4.40. The number of hydrogen-bond donors (Lipinski definition) is 0. The molecule has 1 amide bonds. The Balaban J connectivity index is 1.27. The molecule has 0 spiro atoms. The number of ether oxygens (including phenoxy) is 2. The predicted molar refractivity (Wildman–Crippen MR) is 110 cm³/mol. The van der Waals surface area contributed by atoms with Crippen LogP contribution in [-0.4, -0.2) is 36.6 Å². The summed E-state index contributed by atoms with van der Waals surface area (Å²) in [5.41, 5.74) is 2.43. The molecule has 5 heteroatoms. The summed E-state index contributed by atoms with van der Waals surface area (Å²) in [5, 5.41) is 0. The molecule has 2 atom stereocenters. The van der Waals surface area contributed by atoms with Gasteiger partial charge in [-0.05, 0) is 55.5 Å². The lowest BCUT2D eigenvalue weighted by Crippen LogP contribution is -2.41. The highest BCUT2D eigenvalue weighted by molar-refractivity contribution is 5.76. The zero-order valence-electron chi connectivity index (χ0n) is 16.9. The van der Waals surface area contributed by atoms with Gasteiger partial charge in [0.05, 0.1) is 6.61 Å². The summed E-state index contributed by atoms with van der Waals surface area (Å²) in [6.45, 7) is 3.99. The van der Waals surface area contributed by atoms with Crippen molar-refractivity contribution in [3.63, 3.8) is 0 Å². The quantitative estimate of drug-likeness (QED) is 0.725. The van der Waals surface area contributed by atoms with Gasteiger partial charge in [0.25, 0.3) is 0 Å². The van der Waals surface area contributed by atoms with Crippen molar-refractivity contribution in [3.05, 3.63) is 59.4 Å². The van der Waals surface area contributed by atoms with Crippen molar-refractivity contribution in [3.8, 4) is 11.5 Å². The van der Waals surface area contributed by atoms with Crippen molar-refractivity contribution in [1.29, 1.82) is 0 Å². The second kappa shape index (κ2) is 8.85. The van der Waals surface area contributed by atoms with E-state index in [1.54, 1.807) is 18.2 Å². The SMILES string of the molecule is C[C@H]1Cc2cc(CCC(=O)N3CCC[C@H](COc4ccccc4F)C3)ccc2O1. The Hall–Kier alpha value is -2.56. The minimum atomic E-state index is -0.342. The van der Waals surface area contributed by atoms with Gasteiger partial charge in [-0.15, -0.1) is 0 Å². The van der Waals surface area contributed by atoms with E-state index in [1.807, 2.05) is 11.0 Å². The first-order chi connectivity index (χ1) is 14.1. The van der Waals surface area contributed by atoms with E-state index in [4.69, 9.17) is 9.47 Å². The Morgan fingerprint density at radius 3 is 3.00 bits per heavy atom. The molecule has 0 unspecified atom stereocenters. The molecule has 4 nitrogen and oxygen atoms in total. The largest absolute Gasteiger partial charge is 0.490 e. The number of nitrogens with zero attached hydrogens (tertiary/aromatic N) is 1. The average molecular weight is 397 g/mol. The Bertz CT molecular complexity index is 869. The van der Waals surface area contributed by atoms with Crippen LogP contribution in [0.1, 0.15) is 37.3 Å². The standard InChI is InChI=1S/C24H28FNO3/c1-17-13-20-14-18(8-10-22(20)29-17)9-11-24(27)26-12-4-5-19(15-26)16-28-23-7-3-2-6-21(23)25/h2-3,6-8,10,14,17,19H,4-5,9,11-13,15-16H2,1H3/t17-,19-/m0/s1. The number of halogens is 1. The number of benzene rings is 2. The molecular weight excluding hydrogens is 369 g/mol. The van der Waals surface area contributed by atoms with Gasteiger partial charge in [0, 0.05) is 31.8 Å². The monoisotopic (exact) mass is 397 g/mol. The van der Waals surface area contributed by atoms with Gasteiger partial charge < -0.3 is 14.4 Å². The maximum atomic E-state index is 13.7. The maximum Gasteiger partial charge on any atom is 0.222 e. The first-order valence-corrected chi connectivity index (χ1v) is 10.5. The number of fused-ring (bicyclic) bond motifs is 1. The van der Waals surface area contributed by atoms with Gasteiger partial charge in [0.15, 0.2) is 11.6 Å². The van der Waals surface area contributed by atoms with E-state index in [9.17, 15) is 9.18 Å². The van der Waals surface area contributed by atoms with Crippen LogP contribution in [-0.2, 0) is 17.6 Å². The highest BCUT2D eigenvalue weighted by Crippen LogP contribution is 2.30. The van der Waals surface area contributed by atoms with E-state index in [2.05, 4.69) is 19.1 Å². The van der Waals surface area contributed by atoms with Crippen LogP contribution < -0.4 is 9.47 Å². The Kier molecular flexibility index (Phi) is 6.02. The average Bonchev–Trinajstić information content (AvgIpc) is 3.11. The zero-order valence-corrected chi connectivity index (χ0v) is 16.9. The fourth-order valence-corrected chi connectivity index (χ4v) is 4.24. The molecule has 2 aliphatic rings. The number of amides is 1. The summed E-state index contributed by atoms with van der Waals surface area (Å²) in [6.07, 6.45) is 4.39. The minimum Gasteiger partial charge on any atom is -0.490 e. The molecule has 4 rings (SSSR count). The topological polar surface area (TPSA) is 38.8 Å². The van der Waals surface area contributed by atoms with Gasteiger partial charge in [-0.2, -0.15) is 0 Å². The number of carbonyl (C=O) groups excluding carboxylic acids is 1. The van der Waals surface area contributed by atoms with Crippen LogP contribution in [0.2, 0.25) is 0 Å². The molecule has 2 aliphatic heterocycles. The van der Waals surface area contributed by atoms with E-state index in [1.165, 1.54) is 17.2 Å². The van der Waals surface area contributed by atoms with Crippen molar-refractivity contribution in [2.45, 2.75) is 45.1 Å². The molecule has 0 saturated carbocycles. The fourth-order valence-electron chi connectivity index (χ4n) is 4.24. The highest BCUT2D eigenvalue weighted by atomic mass is 19.1. The molecule has 154 valence electrons. The summed E-state index contributed by atoms with van der Waals surface area (Å²) in [7, 11) is 0. The van der Waals surface area contributed by atoms with Crippen molar-refractivity contribution < 1.29 is 18.7 Å². The second-order valence-electron chi connectivity index (χ2n) is 8.16. The lowest BCUT2D eigenvalue weighted by atomic mass is 9.98. The molecule has 0 N–H and O–H groups in total. The molecule has 29 heavy (non-hydrogen) atoms. The van der Waals surface area contributed by atoms with E-state index < -0.39 is 0 Å². The van der Waals surface area contributed by atoms with Gasteiger partial charge in [0.1, 0.15) is 11.9 Å². The third-order valence-corrected chi connectivity index (χ3v) is 5.77. The normalized spacial score (nSPS) is 20.8. The van der Waals surface area contributed by atoms with Crippen LogP contribution in [0.3, 0.4) is 0 Å².